The van der Waals surface area contributed by atoms with Gasteiger partial charge in [0.05, 0.1) is 0 Å². The second kappa shape index (κ2) is 7.14. The lowest BCUT2D eigenvalue weighted by Crippen LogP contribution is -2.09. The Kier molecular flexibility index (Phi) is 5.22. The molecule has 0 unspecified atom stereocenters. The van der Waals surface area contributed by atoms with Crippen LogP contribution >= 0.6 is 0 Å². The predicted molar refractivity (Wildman–Crippen MR) is 93.7 cm³/mol. The van der Waals surface area contributed by atoms with Crippen LogP contribution in [0, 0.1) is 13.8 Å². The van der Waals surface area contributed by atoms with Crippen molar-refractivity contribution in [2.24, 2.45) is 0 Å². The molecule has 1 aromatic carbocycles. The van der Waals surface area contributed by atoms with Gasteiger partial charge in [0.2, 0.25) is 0 Å². The highest BCUT2D eigenvalue weighted by Crippen LogP contribution is 2.32. The van der Waals surface area contributed by atoms with Gasteiger partial charge >= 0.3 is 5.97 Å². The molecule has 0 fully saturated rings. The third kappa shape index (κ3) is 4.46. The summed E-state index contributed by atoms with van der Waals surface area (Å²) in [6.45, 7) is 8.49. The number of benzene rings is 1. The maximum absolute atomic E-state index is 10.6. The molecule has 2 rings (SSSR count). The zero-order chi connectivity index (χ0) is 17.0. The molecule has 1 heterocycles. The number of hydrogen-bond acceptors (Lipinski definition) is 2. The van der Waals surface area contributed by atoms with Crippen LogP contribution in [0.2, 0.25) is 0 Å². The van der Waals surface area contributed by atoms with E-state index in [2.05, 4.69) is 32.1 Å². The topological polar surface area (TPSA) is 46.5 Å². The van der Waals surface area contributed by atoms with Crippen molar-refractivity contribution in [1.29, 1.82) is 0 Å². The minimum Gasteiger partial charge on any atom is -0.488 e. The molecule has 1 aliphatic rings. The minimum atomic E-state index is -0.932. The molecule has 23 heavy (non-hydrogen) atoms. The van der Waals surface area contributed by atoms with E-state index < -0.39 is 5.97 Å². The van der Waals surface area contributed by atoms with E-state index in [1.165, 1.54) is 11.6 Å². The molecule has 120 valence electrons. The van der Waals surface area contributed by atoms with Crippen LogP contribution < -0.4 is 4.74 Å². The summed E-state index contributed by atoms with van der Waals surface area (Å²) in [7, 11) is 0. The molecule has 0 radical (unpaired) electrons. The molecule has 0 spiro atoms. The quantitative estimate of drug-likeness (QED) is 0.652. The number of rotatable bonds is 4. The molecule has 3 nitrogen and oxygen atoms in total. The molecule has 0 amide bonds. The number of aryl methyl sites for hydroxylation is 2. The maximum atomic E-state index is 10.6. The summed E-state index contributed by atoms with van der Waals surface area (Å²) in [5.74, 6) is 0.0292. The Morgan fingerprint density at radius 1 is 1.26 bits per heavy atom. The Morgan fingerprint density at radius 3 is 2.70 bits per heavy atom. The van der Waals surface area contributed by atoms with E-state index in [1.54, 1.807) is 13.0 Å². The fourth-order valence-corrected chi connectivity index (χ4v) is 2.59. The number of carboxylic acid groups (broad SMARTS) is 1. The summed E-state index contributed by atoms with van der Waals surface area (Å²) in [5.41, 5.74) is 6.43. The average molecular weight is 310 g/mol. The highest BCUT2D eigenvalue weighted by atomic mass is 16.5. The highest BCUT2D eigenvalue weighted by molar-refractivity contribution is 5.81. The van der Waals surface area contributed by atoms with Gasteiger partial charge in [0.15, 0.2) is 0 Å². The summed E-state index contributed by atoms with van der Waals surface area (Å²) in [4.78, 5) is 10.6. The molecule has 0 aromatic heterocycles. The van der Waals surface area contributed by atoms with Crippen LogP contribution in [0.4, 0.5) is 0 Å². The van der Waals surface area contributed by atoms with Crippen molar-refractivity contribution in [3.63, 3.8) is 0 Å². The summed E-state index contributed by atoms with van der Waals surface area (Å²) in [6.07, 6.45) is 8.97. The van der Waals surface area contributed by atoms with E-state index in [0.717, 1.165) is 28.0 Å². The first-order chi connectivity index (χ1) is 10.9. The number of ether oxygens (including phenoxy) is 1. The third-order valence-electron chi connectivity index (χ3n) is 3.71. The molecule has 1 N–H and O–H groups in total. The molecular weight excluding hydrogens is 288 g/mol. The average Bonchev–Trinajstić information content (AvgIpc) is 2.45. The molecule has 0 saturated heterocycles. The van der Waals surface area contributed by atoms with Crippen LogP contribution in [-0.2, 0) is 4.79 Å². The Balaban J connectivity index is 2.22. The first-order valence-electron chi connectivity index (χ1n) is 7.58. The Hall–Kier alpha value is -2.55. The van der Waals surface area contributed by atoms with Crippen molar-refractivity contribution in [2.45, 2.75) is 27.7 Å². The number of hydrogen-bond donors (Lipinski definition) is 1. The molecule has 0 bridgehead atoms. The summed E-state index contributed by atoms with van der Waals surface area (Å²) >= 11 is 0. The number of allylic oxidation sites excluding steroid dienone is 4. The van der Waals surface area contributed by atoms with Gasteiger partial charge in [-0.1, -0.05) is 29.9 Å². The molecule has 0 aliphatic carbocycles. The van der Waals surface area contributed by atoms with Gasteiger partial charge in [-0.25, -0.2) is 4.79 Å². The van der Waals surface area contributed by atoms with E-state index in [-0.39, 0.29) is 0 Å². The van der Waals surface area contributed by atoms with Crippen LogP contribution in [0.15, 0.2) is 53.2 Å². The summed E-state index contributed by atoms with van der Waals surface area (Å²) in [5, 5.41) is 8.68. The van der Waals surface area contributed by atoms with Gasteiger partial charge in [-0.05, 0) is 62.1 Å². The van der Waals surface area contributed by atoms with Crippen LogP contribution in [0.5, 0.6) is 5.75 Å². The Labute approximate surface area is 137 Å². The van der Waals surface area contributed by atoms with E-state index in [9.17, 15) is 4.79 Å². The first kappa shape index (κ1) is 16.8. The predicted octanol–water partition coefficient (Wildman–Crippen LogP) is 4.61. The number of carboxylic acids is 1. The van der Waals surface area contributed by atoms with Crippen LogP contribution in [0.1, 0.15) is 30.5 Å². The fraction of sp³-hybridized carbons (Fsp3) is 0.250. The third-order valence-corrected chi connectivity index (χ3v) is 3.71. The van der Waals surface area contributed by atoms with Crippen molar-refractivity contribution in [3.8, 4) is 5.75 Å². The van der Waals surface area contributed by atoms with Crippen molar-refractivity contribution in [1.82, 2.24) is 0 Å². The van der Waals surface area contributed by atoms with E-state index >= 15 is 0 Å². The molecular formula is C20H22O3. The van der Waals surface area contributed by atoms with Gasteiger partial charge in [0, 0.05) is 11.6 Å². The molecule has 1 aromatic rings. The summed E-state index contributed by atoms with van der Waals surface area (Å²) in [6, 6.07) is 4.25. The second-order valence-electron chi connectivity index (χ2n) is 5.89. The molecule has 3 heteroatoms. The fourth-order valence-electron chi connectivity index (χ4n) is 2.59. The van der Waals surface area contributed by atoms with Crippen molar-refractivity contribution >= 4 is 12.0 Å². The van der Waals surface area contributed by atoms with Crippen molar-refractivity contribution in [2.75, 3.05) is 6.61 Å². The largest absolute Gasteiger partial charge is 0.488 e. The first-order valence-corrected chi connectivity index (χ1v) is 7.58. The van der Waals surface area contributed by atoms with E-state index in [0.29, 0.717) is 12.2 Å². The highest BCUT2D eigenvalue weighted by Gasteiger charge is 2.14. The monoisotopic (exact) mass is 310 g/mol. The molecule has 0 atom stereocenters. The normalized spacial score (nSPS) is 15.2. The van der Waals surface area contributed by atoms with E-state index in [1.807, 2.05) is 19.1 Å². The van der Waals surface area contributed by atoms with E-state index in [4.69, 9.17) is 9.84 Å². The minimum absolute atomic E-state index is 0.553. The molecule has 0 saturated carbocycles. The van der Waals surface area contributed by atoms with Crippen LogP contribution in [0.3, 0.4) is 0 Å². The van der Waals surface area contributed by atoms with Gasteiger partial charge in [0.1, 0.15) is 12.4 Å². The van der Waals surface area contributed by atoms with Gasteiger partial charge in [-0.2, -0.15) is 0 Å². The van der Waals surface area contributed by atoms with Gasteiger partial charge in [-0.3, -0.25) is 0 Å². The zero-order valence-electron chi connectivity index (χ0n) is 14.0. The number of aliphatic carboxylic acids is 1. The standard InChI is InChI=1S/C20H22O3/c1-13(10-19(21)22)6-5-7-15(3)18-11-17-9-14(2)8-16(4)20(17)23-12-18/h5-11H,12H2,1-4H3,(H,21,22). The lowest BCUT2D eigenvalue weighted by Gasteiger charge is -2.20. The number of fused-ring (bicyclic) bond motifs is 1. The van der Waals surface area contributed by atoms with Gasteiger partial charge in [-0.15, -0.1) is 0 Å². The van der Waals surface area contributed by atoms with Crippen molar-refractivity contribution < 1.29 is 14.6 Å². The van der Waals surface area contributed by atoms with Crippen LogP contribution in [-0.4, -0.2) is 17.7 Å². The zero-order valence-corrected chi connectivity index (χ0v) is 14.0. The Bertz CT molecular complexity index is 746. The maximum Gasteiger partial charge on any atom is 0.328 e. The van der Waals surface area contributed by atoms with Gasteiger partial charge in [0.25, 0.3) is 0 Å². The summed E-state index contributed by atoms with van der Waals surface area (Å²) < 4.78 is 5.90. The lowest BCUT2D eigenvalue weighted by molar-refractivity contribution is -0.131. The number of carbonyl (C=O) groups is 1. The van der Waals surface area contributed by atoms with Crippen LogP contribution in [0.25, 0.3) is 6.08 Å². The molecule has 1 aliphatic heterocycles. The second-order valence-corrected chi connectivity index (χ2v) is 5.89. The lowest BCUT2D eigenvalue weighted by atomic mass is 9.98. The Morgan fingerprint density at radius 2 is 2.00 bits per heavy atom. The SMILES string of the molecule is CC(C=CC=C(C)C1=Cc2cc(C)cc(C)c2OC1)=CC(=O)O. The smallest absolute Gasteiger partial charge is 0.328 e. The van der Waals surface area contributed by atoms with Gasteiger partial charge < -0.3 is 9.84 Å². The van der Waals surface area contributed by atoms with Crippen molar-refractivity contribution in [3.05, 3.63) is 69.8 Å².